The van der Waals surface area contributed by atoms with Gasteiger partial charge in [0.1, 0.15) is 0 Å². The average Bonchev–Trinajstić information content (AvgIpc) is 2.26. The van der Waals surface area contributed by atoms with Crippen LogP contribution in [-0.2, 0) is 11.3 Å². The lowest BCUT2D eigenvalue weighted by atomic mass is 9.98. The molecule has 0 saturated heterocycles. The molecule has 0 radical (unpaired) electrons. The molecule has 0 aliphatic rings. The van der Waals surface area contributed by atoms with Gasteiger partial charge in [0.05, 0.1) is 5.54 Å². The fraction of sp³-hybridized carbons (Fsp3) is 0.417. The summed E-state index contributed by atoms with van der Waals surface area (Å²) in [6.07, 6.45) is 0.677. The van der Waals surface area contributed by atoms with E-state index in [0.717, 1.165) is 10.0 Å². The molecule has 0 aliphatic carbocycles. The van der Waals surface area contributed by atoms with Crippen LogP contribution in [0, 0.1) is 0 Å². The number of primary amides is 1. The largest absolute Gasteiger partial charge is 0.368 e. The Kier molecular flexibility index (Phi) is 4.50. The van der Waals surface area contributed by atoms with E-state index < -0.39 is 5.54 Å². The van der Waals surface area contributed by atoms with Gasteiger partial charge in [0.2, 0.25) is 5.91 Å². The minimum atomic E-state index is -0.637. The Labute approximate surface area is 105 Å². The number of halogens is 1. The second-order valence-corrected chi connectivity index (χ2v) is 4.95. The lowest BCUT2D eigenvalue weighted by Crippen LogP contribution is -2.52. The maximum Gasteiger partial charge on any atom is 0.237 e. The smallest absolute Gasteiger partial charge is 0.237 e. The molecule has 0 fully saturated rings. The molecule has 0 aliphatic heterocycles. The third kappa shape index (κ3) is 3.32. The zero-order chi connectivity index (χ0) is 12.2. The van der Waals surface area contributed by atoms with Crippen LogP contribution >= 0.6 is 15.9 Å². The molecule has 0 bridgehead atoms. The van der Waals surface area contributed by atoms with E-state index in [-0.39, 0.29) is 5.91 Å². The van der Waals surface area contributed by atoms with Crippen LogP contribution in [-0.4, -0.2) is 11.4 Å². The van der Waals surface area contributed by atoms with Gasteiger partial charge in [-0.2, -0.15) is 0 Å². The molecule has 0 saturated carbocycles. The number of rotatable bonds is 5. The van der Waals surface area contributed by atoms with E-state index in [1.54, 1.807) is 0 Å². The molecule has 16 heavy (non-hydrogen) atoms. The predicted octanol–water partition coefficient (Wildman–Crippen LogP) is 2.19. The van der Waals surface area contributed by atoms with E-state index in [4.69, 9.17) is 5.73 Å². The van der Waals surface area contributed by atoms with E-state index in [0.29, 0.717) is 13.0 Å². The van der Waals surface area contributed by atoms with E-state index >= 15 is 0 Å². The van der Waals surface area contributed by atoms with E-state index in [1.807, 2.05) is 38.1 Å². The first kappa shape index (κ1) is 13.2. The highest BCUT2D eigenvalue weighted by atomic mass is 79.9. The van der Waals surface area contributed by atoms with E-state index in [2.05, 4.69) is 21.2 Å². The molecule has 1 aromatic carbocycles. The van der Waals surface area contributed by atoms with Gasteiger partial charge >= 0.3 is 0 Å². The van der Waals surface area contributed by atoms with Crippen molar-refractivity contribution < 1.29 is 4.79 Å². The van der Waals surface area contributed by atoms with Crippen LogP contribution in [0.1, 0.15) is 25.8 Å². The van der Waals surface area contributed by atoms with Gasteiger partial charge in [0.25, 0.3) is 0 Å². The normalized spacial score (nSPS) is 14.4. The van der Waals surface area contributed by atoms with Crippen LogP contribution in [0.2, 0.25) is 0 Å². The second kappa shape index (κ2) is 5.46. The number of nitrogens with two attached hydrogens (primary N) is 1. The monoisotopic (exact) mass is 284 g/mol. The standard InChI is InChI=1S/C12H17BrN2O/c1-3-12(2,11(14)16)15-8-9-5-4-6-10(13)7-9/h4-7,15H,3,8H2,1-2H3,(H2,14,16). The lowest BCUT2D eigenvalue weighted by molar-refractivity contribution is -0.124. The number of carbonyl (C=O) groups excluding carboxylic acids is 1. The molecule has 3 nitrogen and oxygen atoms in total. The Morgan fingerprint density at radius 1 is 1.56 bits per heavy atom. The first-order chi connectivity index (χ1) is 7.48. The van der Waals surface area contributed by atoms with E-state index in [9.17, 15) is 4.79 Å². The quantitative estimate of drug-likeness (QED) is 0.871. The van der Waals surface area contributed by atoms with Gasteiger partial charge in [-0.15, -0.1) is 0 Å². The van der Waals surface area contributed by atoms with Crippen LogP contribution in [0.15, 0.2) is 28.7 Å². The molecule has 1 rings (SSSR count). The van der Waals surface area contributed by atoms with Gasteiger partial charge in [-0.3, -0.25) is 10.1 Å². The summed E-state index contributed by atoms with van der Waals surface area (Å²) in [5.74, 6) is -0.315. The number of hydrogen-bond acceptors (Lipinski definition) is 2. The van der Waals surface area contributed by atoms with Crippen LogP contribution in [0.5, 0.6) is 0 Å². The summed E-state index contributed by atoms with van der Waals surface area (Å²) in [6.45, 7) is 4.40. The van der Waals surface area contributed by atoms with Crippen molar-refractivity contribution in [3.05, 3.63) is 34.3 Å². The Morgan fingerprint density at radius 3 is 2.75 bits per heavy atom. The topological polar surface area (TPSA) is 55.1 Å². The summed E-state index contributed by atoms with van der Waals surface area (Å²) in [4.78, 5) is 11.3. The van der Waals surface area contributed by atoms with Gasteiger partial charge < -0.3 is 5.73 Å². The molecule has 0 aromatic heterocycles. The molecule has 0 spiro atoms. The van der Waals surface area contributed by atoms with Crippen molar-refractivity contribution in [3.8, 4) is 0 Å². The van der Waals surface area contributed by atoms with Crippen molar-refractivity contribution in [2.75, 3.05) is 0 Å². The number of amides is 1. The summed E-state index contributed by atoms with van der Waals surface area (Å²) in [6, 6.07) is 7.96. The molecule has 3 N–H and O–H groups in total. The van der Waals surface area contributed by atoms with Gasteiger partial charge in [0, 0.05) is 11.0 Å². The summed E-state index contributed by atoms with van der Waals surface area (Å²) >= 11 is 3.41. The molecule has 1 amide bonds. The molecule has 0 heterocycles. The number of nitrogens with one attached hydrogen (secondary N) is 1. The third-order valence-electron chi connectivity index (χ3n) is 2.82. The Bertz CT molecular complexity index is 381. The average molecular weight is 285 g/mol. The molecular formula is C12H17BrN2O. The summed E-state index contributed by atoms with van der Waals surface area (Å²) < 4.78 is 1.03. The molecule has 1 unspecified atom stereocenters. The highest BCUT2D eigenvalue weighted by Gasteiger charge is 2.27. The number of hydrogen-bond donors (Lipinski definition) is 2. The van der Waals surface area contributed by atoms with Crippen molar-refractivity contribution in [1.82, 2.24) is 5.32 Å². The number of carbonyl (C=O) groups is 1. The van der Waals surface area contributed by atoms with Crippen molar-refractivity contribution in [2.45, 2.75) is 32.4 Å². The molecule has 88 valence electrons. The third-order valence-corrected chi connectivity index (χ3v) is 3.32. The minimum Gasteiger partial charge on any atom is -0.368 e. The Hall–Kier alpha value is -0.870. The fourth-order valence-corrected chi connectivity index (χ4v) is 1.78. The lowest BCUT2D eigenvalue weighted by Gasteiger charge is -2.26. The van der Waals surface area contributed by atoms with Gasteiger partial charge in [0.15, 0.2) is 0 Å². The maximum atomic E-state index is 11.3. The first-order valence-corrected chi connectivity index (χ1v) is 6.06. The van der Waals surface area contributed by atoms with Crippen LogP contribution in [0.4, 0.5) is 0 Å². The second-order valence-electron chi connectivity index (χ2n) is 4.03. The summed E-state index contributed by atoms with van der Waals surface area (Å²) in [5.41, 5.74) is 5.85. The first-order valence-electron chi connectivity index (χ1n) is 5.27. The maximum absolute atomic E-state index is 11.3. The molecule has 1 atom stereocenters. The van der Waals surface area contributed by atoms with Crippen molar-refractivity contribution >= 4 is 21.8 Å². The van der Waals surface area contributed by atoms with Gasteiger partial charge in [-0.25, -0.2) is 0 Å². The SMILES string of the molecule is CCC(C)(NCc1cccc(Br)c1)C(N)=O. The molecule has 1 aromatic rings. The van der Waals surface area contributed by atoms with Gasteiger partial charge in [-0.05, 0) is 31.0 Å². The Balaban J connectivity index is 2.66. The van der Waals surface area contributed by atoms with Gasteiger partial charge in [-0.1, -0.05) is 35.0 Å². The van der Waals surface area contributed by atoms with Crippen LogP contribution in [0.3, 0.4) is 0 Å². The van der Waals surface area contributed by atoms with Crippen LogP contribution < -0.4 is 11.1 Å². The van der Waals surface area contributed by atoms with Crippen molar-refractivity contribution in [1.29, 1.82) is 0 Å². The highest BCUT2D eigenvalue weighted by molar-refractivity contribution is 9.10. The van der Waals surface area contributed by atoms with Crippen molar-refractivity contribution in [2.24, 2.45) is 5.73 Å². The zero-order valence-corrected chi connectivity index (χ0v) is 11.2. The summed E-state index contributed by atoms with van der Waals surface area (Å²) in [7, 11) is 0. The van der Waals surface area contributed by atoms with E-state index in [1.165, 1.54) is 0 Å². The molecule has 4 heteroatoms. The predicted molar refractivity (Wildman–Crippen MR) is 68.9 cm³/mol. The Morgan fingerprint density at radius 2 is 2.25 bits per heavy atom. The number of benzene rings is 1. The summed E-state index contributed by atoms with van der Waals surface area (Å²) in [5, 5.41) is 3.19. The fourth-order valence-electron chi connectivity index (χ4n) is 1.33. The van der Waals surface area contributed by atoms with Crippen LogP contribution in [0.25, 0.3) is 0 Å². The minimum absolute atomic E-state index is 0.315. The highest BCUT2D eigenvalue weighted by Crippen LogP contribution is 2.14. The zero-order valence-electron chi connectivity index (χ0n) is 9.59. The molecular weight excluding hydrogens is 268 g/mol. The van der Waals surface area contributed by atoms with Crippen molar-refractivity contribution in [3.63, 3.8) is 0 Å².